The van der Waals surface area contributed by atoms with Crippen LogP contribution < -0.4 is 10.6 Å². The molecule has 21 heavy (non-hydrogen) atoms. The number of nitrogens with zero attached hydrogens (tertiary/aromatic N) is 3. The number of anilines is 2. The van der Waals surface area contributed by atoms with E-state index in [2.05, 4.69) is 5.10 Å². The molecule has 7 nitrogen and oxygen atoms in total. The molecule has 3 rings (SSSR count). The molecular weight excluding hydrogens is 292 g/mol. The van der Waals surface area contributed by atoms with Crippen LogP contribution in [0.4, 0.5) is 11.5 Å². The molecule has 0 saturated carbocycles. The lowest BCUT2D eigenvalue weighted by molar-refractivity contribution is -0.117. The van der Waals surface area contributed by atoms with E-state index in [1.807, 2.05) is 0 Å². The zero-order valence-corrected chi connectivity index (χ0v) is 12.0. The van der Waals surface area contributed by atoms with E-state index in [-0.39, 0.29) is 16.6 Å². The molecule has 1 aliphatic rings. The highest BCUT2D eigenvalue weighted by atomic mass is 32.2. The van der Waals surface area contributed by atoms with Gasteiger partial charge in [-0.05, 0) is 30.7 Å². The van der Waals surface area contributed by atoms with Crippen LogP contribution in [0.5, 0.6) is 0 Å². The van der Waals surface area contributed by atoms with Gasteiger partial charge in [0.15, 0.2) is 0 Å². The maximum absolute atomic E-state index is 12.3. The standard InChI is InChI=1S/C13H14N4O3S/c14-12-7-9-17(15-12)21(19,20)11-5-3-10(4-6-11)16-8-1-2-13(16)18/h3-7,9H,1-2,8H2,(H2,14,15). The number of nitrogens with two attached hydrogens (primary N) is 1. The van der Waals surface area contributed by atoms with Gasteiger partial charge in [0.2, 0.25) is 5.91 Å². The third-order valence-electron chi connectivity index (χ3n) is 3.35. The molecule has 0 bridgehead atoms. The fraction of sp³-hybridized carbons (Fsp3) is 0.231. The van der Waals surface area contributed by atoms with Crippen LogP contribution in [0.15, 0.2) is 41.4 Å². The van der Waals surface area contributed by atoms with Gasteiger partial charge in [0.1, 0.15) is 5.82 Å². The lowest BCUT2D eigenvalue weighted by atomic mass is 10.3. The smallest absolute Gasteiger partial charge is 0.283 e. The molecule has 1 fully saturated rings. The normalized spacial score (nSPS) is 15.6. The Bertz CT molecular complexity index is 780. The first-order valence-corrected chi connectivity index (χ1v) is 7.90. The number of amides is 1. The lowest BCUT2D eigenvalue weighted by Gasteiger charge is -2.15. The number of aromatic nitrogens is 2. The van der Waals surface area contributed by atoms with Crippen LogP contribution in [-0.4, -0.2) is 30.1 Å². The Balaban J connectivity index is 1.92. The van der Waals surface area contributed by atoms with E-state index in [4.69, 9.17) is 5.73 Å². The number of carbonyl (C=O) groups excluding carboxylic acids is 1. The fourth-order valence-electron chi connectivity index (χ4n) is 2.28. The molecule has 1 aliphatic heterocycles. The minimum absolute atomic E-state index is 0.0606. The van der Waals surface area contributed by atoms with E-state index in [0.717, 1.165) is 10.5 Å². The van der Waals surface area contributed by atoms with Crippen molar-refractivity contribution in [3.8, 4) is 0 Å². The Kier molecular flexibility index (Phi) is 3.17. The first kappa shape index (κ1) is 13.6. The van der Waals surface area contributed by atoms with Crippen LogP contribution in [0.3, 0.4) is 0 Å². The quantitative estimate of drug-likeness (QED) is 0.905. The third-order valence-corrected chi connectivity index (χ3v) is 4.92. The molecule has 0 unspecified atom stereocenters. The summed E-state index contributed by atoms with van der Waals surface area (Å²) in [5, 5.41) is 3.71. The molecule has 0 spiro atoms. The summed E-state index contributed by atoms with van der Waals surface area (Å²) >= 11 is 0. The van der Waals surface area contributed by atoms with Gasteiger partial charge < -0.3 is 10.6 Å². The van der Waals surface area contributed by atoms with Crippen LogP contribution in [0, 0.1) is 0 Å². The predicted molar refractivity (Wildman–Crippen MR) is 77.3 cm³/mol. The van der Waals surface area contributed by atoms with E-state index in [9.17, 15) is 13.2 Å². The number of carbonyl (C=O) groups is 1. The second kappa shape index (κ2) is 4.88. The maximum Gasteiger partial charge on any atom is 0.283 e. The minimum Gasteiger partial charge on any atom is -0.382 e. The number of hydrogen-bond donors (Lipinski definition) is 1. The molecule has 0 aliphatic carbocycles. The Morgan fingerprint density at radius 2 is 1.86 bits per heavy atom. The van der Waals surface area contributed by atoms with E-state index < -0.39 is 10.0 Å². The number of hydrogen-bond acceptors (Lipinski definition) is 5. The van der Waals surface area contributed by atoms with Crippen molar-refractivity contribution in [3.05, 3.63) is 36.5 Å². The maximum atomic E-state index is 12.3. The summed E-state index contributed by atoms with van der Waals surface area (Å²) in [6.45, 7) is 0.667. The fourth-order valence-corrected chi connectivity index (χ4v) is 3.40. The molecule has 2 N–H and O–H groups in total. The summed E-state index contributed by atoms with van der Waals surface area (Å²) in [5.41, 5.74) is 6.14. The SMILES string of the molecule is Nc1ccn(S(=O)(=O)c2ccc(N3CCCC3=O)cc2)n1. The molecule has 1 aromatic carbocycles. The van der Waals surface area contributed by atoms with Crippen molar-refractivity contribution < 1.29 is 13.2 Å². The van der Waals surface area contributed by atoms with Gasteiger partial charge in [0.05, 0.1) is 4.90 Å². The van der Waals surface area contributed by atoms with Crippen molar-refractivity contribution in [2.45, 2.75) is 17.7 Å². The summed E-state index contributed by atoms with van der Waals surface area (Å²) in [6, 6.07) is 7.60. The molecular formula is C13H14N4O3S. The highest BCUT2D eigenvalue weighted by molar-refractivity contribution is 7.89. The molecule has 1 saturated heterocycles. The van der Waals surface area contributed by atoms with Gasteiger partial charge in [-0.1, -0.05) is 0 Å². The van der Waals surface area contributed by atoms with Crippen molar-refractivity contribution in [2.24, 2.45) is 0 Å². The number of rotatable bonds is 3. The predicted octanol–water partition coefficient (Wildman–Crippen LogP) is 0.829. The first-order chi connectivity index (χ1) is 9.98. The van der Waals surface area contributed by atoms with Crippen LogP contribution in [0.25, 0.3) is 0 Å². The highest BCUT2D eigenvalue weighted by Gasteiger charge is 2.23. The molecule has 2 aromatic rings. The average molecular weight is 306 g/mol. The first-order valence-electron chi connectivity index (χ1n) is 6.46. The summed E-state index contributed by atoms with van der Waals surface area (Å²) in [7, 11) is -3.75. The Morgan fingerprint density at radius 1 is 1.14 bits per heavy atom. The topological polar surface area (TPSA) is 98.3 Å². The van der Waals surface area contributed by atoms with Gasteiger partial charge in [-0.15, -0.1) is 5.10 Å². The van der Waals surface area contributed by atoms with E-state index in [1.54, 1.807) is 17.0 Å². The Morgan fingerprint density at radius 3 is 2.38 bits per heavy atom. The summed E-state index contributed by atoms with van der Waals surface area (Å²) < 4.78 is 25.4. The molecule has 8 heteroatoms. The molecule has 0 atom stereocenters. The summed E-state index contributed by atoms with van der Waals surface area (Å²) in [4.78, 5) is 13.4. The number of nitrogen functional groups attached to an aromatic ring is 1. The van der Waals surface area contributed by atoms with Crippen molar-refractivity contribution in [1.82, 2.24) is 9.19 Å². The van der Waals surface area contributed by atoms with Crippen molar-refractivity contribution in [1.29, 1.82) is 0 Å². The molecule has 0 radical (unpaired) electrons. The summed E-state index contributed by atoms with van der Waals surface area (Å²) in [5.74, 6) is 0.198. The molecule has 1 aromatic heterocycles. The van der Waals surface area contributed by atoms with Crippen LogP contribution in [0.1, 0.15) is 12.8 Å². The lowest BCUT2D eigenvalue weighted by Crippen LogP contribution is -2.23. The Labute approximate surface area is 122 Å². The van der Waals surface area contributed by atoms with Crippen LogP contribution in [0.2, 0.25) is 0 Å². The van der Waals surface area contributed by atoms with Crippen molar-refractivity contribution in [3.63, 3.8) is 0 Å². The largest absolute Gasteiger partial charge is 0.382 e. The molecule has 2 heterocycles. The van der Waals surface area contributed by atoms with Gasteiger partial charge in [-0.3, -0.25) is 4.79 Å². The van der Waals surface area contributed by atoms with Crippen molar-refractivity contribution >= 4 is 27.4 Å². The van der Waals surface area contributed by atoms with Crippen LogP contribution >= 0.6 is 0 Å². The second-order valence-corrected chi connectivity index (χ2v) is 6.56. The minimum atomic E-state index is -3.75. The average Bonchev–Trinajstić information content (AvgIpc) is 3.08. The second-order valence-electron chi connectivity index (χ2n) is 4.76. The Hall–Kier alpha value is -2.35. The van der Waals surface area contributed by atoms with Gasteiger partial charge in [0.25, 0.3) is 10.0 Å². The van der Waals surface area contributed by atoms with Gasteiger partial charge in [0, 0.05) is 30.9 Å². The number of benzene rings is 1. The summed E-state index contributed by atoms with van der Waals surface area (Å²) in [6.07, 6.45) is 2.65. The zero-order chi connectivity index (χ0) is 15.0. The van der Waals surface area contributed by atoms with Gasteiger partial charge in [-0.2, -0.15) is 12.5 Å². The zero-order valence-electron chi connectivity index (χ0n) is 11.1. The van der Waals surface area contributed by atoms with Gasteiger partial charge in [-0.25, -0.2) is 0 Å². The monoisotopic (exact) mass is 306 g/mol. The third kappa shape index (κ3) is 2.38. The van der Waals surface area contributed by atoms with Gasteiger partial charge >= 0.3 is 0 Å². The molecule has 1 amide bonds. The molecule has 110 valence electrons. The highest BCUT2D eigenvalue weighted by Crippen LogP contribution is 2.23. The van der Waals surface area contributed by atoms with E-state index in [1.165, 1.54) is 24.4 Å². The van der Waals surface area contributed by atoms with E-state index in [0.29, 0.717) is 18.7 Å². The van der Waals surface area contributed by atoms with E-state index >= 15 is 0 Å². The van der Waals surface area contributed by atoms with Crippen LogP contribution in [-0.2, 0) is 14.8 Å². The van der Waals surface area contributed by atoms with Crippen molar-refractivity contribution in [2.75, 3.05) is 17.2 Å².